The van der Waals surface area contributed by atoms with Gasteiger partial charge in [0.15, 0.2) is 0 Å². The SMILES string of the molecule is COc1cc(OC)c(NC(=O)Nc2c(C)nn(Cc3ccccc3Cl)c2C)cc1Cl. The lowest BCUT2D eigenvalue weighted by Crippen LogP contribution is -2.20. The molecule has 158 valence electrons. The van der Waals surface area contributed by atoms with Crippen molar-refractivity contribution in [2.24, 2.45) is 0 Å². The normalized spacial score (nSPS) is 10.6. The molecule has 0 saturated carbocycles. The number of hydrogen-bond donors (Lipinski definition) is 2. The summed E-state index contributed by atoms with van der Waals surface area (Å²) in [6.07, 6.45) is 0. The van der Waals surface area contributed by atoms with Gasteiger partial charge in [0.05, 0.1) is 48.5 Å². The quantitative estimate of drug-likeness (QED) is 0.520. The van der Waals surface area contributed by atoms with Crippen molar-refractivity contribution in [3.05, 3.63) is 63.4 Å². The summed E-state index contributed by atoms with van der Waals surface area (Å²) in [6.45, 7) is 4.21. The topological polar surface area (TPSA) is 77.4 Å². The average Bonchev–Trinajstić information content (AvgIpc) is 2.97. The predicted molar refractivity (Wildman–Crippen MR) is 119 cm³/mol. The molecule has 0 aliphatic heterocycles. The first-order valence-electron chi connectivity index (χ1n) is 9.11. The van der Waals surface area contributed by atoms with E-state index in [1.165, 1.54) is 14.2 Å². The molecule has 2 N–H and O–H groups in total. The number of halogens is 2. The molecular weight excluding hydrogens is 427 g/mol. The molecule has 9 heteroatoms. The van der Waals surface area contributed by atoms with Crippen LogP contribution in [0.5, 0.6) is 11.5 Å². The van der Waals surface area contributed by atoms with E-state index in [-0.39, 0.29) is 0 Å². The standard InChI is InChI=1S/C21H22Cl2N4O3/c1-12-20(13(2)27(26-12)11-14-7-5-6-8-15(14)22)25-21(28)24-17-9-16(23)18(29-3)10-19(17)30-4/h5-10H,11H2,1-4H3,(H2,24,25,28). The second kappa shape index (κ2) is 9.28. The minimum absolute atomic E-state index is 0.355. The van der Waals surface area contributed by atoms with Crippen LogP contribution < -0.4 is 20.1 Å². The lowest BCUT2D eigenvalue weighted by molar-refractivity contribution is 0.262. The summed E-state index contributed by atoms with van der Waals surface area (Å²) >= 11 is 12.4. The highest BCUT2D eigenvalue weighted by molar-refractivity contribution is 6.32. The number of methoxy groups -OCH3 is 2. The van der Waals surface area contributed by atoms with Gasteiger partial charge in [0.2, 0.25) is 0 Å². The molecule has 0 atom stereocenters. The van der Waals surface area contributed by atoms with Gasteiger partial charge in [0.25, 0.3) is 0 Å². The third kappa shape index (κ3) is 4.63. The van der Waals surface area contributed by atoms with Gasteiger partial charge in [-0.15, -0.1) is 0 Å². The van der Waals surface area contributed by atoms with Gasteiger partial charge in [-0.2, -0.15) is 5.10 Å². The van der Waals surface area contributed by atoms with Crippen molar-refractivity contribution in [1.82, 2.24) is 9.78 Å². The molecule has 0 unspecified atom stereocenters. The van der Waals surface area contributed by atoms with Crippen LogP contribution in [0.15, 0.2) is 36.4 Å². The van der Waals surface area contributed by atoms with Crippen LogP contribution in [0.1, 0.15) is 17.0 Å². The van der Waals surface area contributed by atoms with Crippen molar-refractivity contribution in [3.8, 4) is 11.5 Å². The average molecular weight is 449 g/mol. The van der Waals surface area contributed by atoms with Crippen LogP contribution in [-0.2, 0) is 6.54 Å². The number of anilines is 2. The van der Waals surface area contributed by atoms with Crippen molar-refractivity contribution in [1.29, 1.82) is 0 Å². The summed E-state index contributed by atoms with van der Waals surface area (Å²) in [5.74, 6) is 0.876. The van der Waals surface area contributed by atoms with E-state index in [0.717, 1.165) is 11.3 Å². The Balaban J connectivity index is 1.79. The van der Waals surface area contributed by atoms with Crippen LogP contribution in [-0.4, -0.2) is 30.0 Å². The van der Waals surface area contributed by atoms with Gasteiger partial charge in [0.1, 0.15) is 11.5 Å². The van der Waals surface area contributed by atoms with E-state index in [2.05, 4.69) is 15.7 Å². The first kappa shape index (κ1) is 21.8. The maximum atomic E-state index is 12.6. The van der Waals surface area contributed by atoms with Crippen molar-refractivity contribution in [2.45, 2.75) is 20.4 Å². The van der Waals surface area contributed by atoms with Crippen LogP contribution in [0.3, 0.4) is 0 Å². The third-order valence-electron chi connectivity index (χ3n) is 4.62. The molecule has 0 radical (unpaired) electrons. The van der Waals surface area contributed by atoms with E-state index in [9.17, 15) is 4.79 Å². The summed E-state index contributed by atoms with van der Waals surface area (Å²) in [6, 6.07) is 10.3. The maximum absolute atomic E-state index is 12.6. The number of aromatic nitrogens is 2. The Labute approximate surface area is 184 Å². The van der Waals surface area contributed by atoms with Gasteiger partial charge in [-0.05, 0) is 31.5 Å². The summed E-state index contributed by atoms with van der Waals surface area (Å²) in [4.78, 5) is 12.6. The molecule has 3 rings (SSSR count). The Hall–Kier alpha value is -2.90. The molecule has 2 aromatic carbocycles. The third-order valence-corrected chi connectivity index (χ3v) is 5.28. The number of hydrogen-bond acceptors (Lipinski definition) is 4. The molecule has 7 nitrogen and oxygen atoms in total. The number of ether oxygens (including phenoxy) is 2. The van der Waals surface area contributed by atoms with Gasteiger partial charge in [0, 0.05) is 11.1 Å². The highest BCUT2D eigenvalue weighted by Gasteiger charge is 2.17. The molecular formula is C21H22Cl2N4O3. The molecule has 30 heavy (non-hydrogen) atoms. The van der Waals surface area contributed by atoms with Crippen LogP contribution in [0.4, 0.5) is 16.2 Å². The lowest BCUT2D eigenvalue weighted by Gasteiger charge is -2.14. The fraction of sp³-hybridized carbons (Fsp3) is 0.238. The first-order valence-corrected chi connectivity index (χ1v) is 9.86. The smallest absolute Gasteiger partial charge is 0.323 e. The molecule has 0 saturated heterocycles. The zero-order valence-corrected chi connectivity index (χ0v) is 18.6. The Morgan fingerprint density at radius 1 is 1.03 bits per heavy atom. The van der Waals surface area contributed by atoms with Crippen molar-refractivity contribution < 1.29 is 14.3 Å². The van der Waals surface area contributed by atoms with Crippen LogP contribution >= 0.6 is 23.2 Å². The molecule has 3 aromatic rings. The number of carbonyl (C=O) groups is 1. The highest BCUT2D eigenvalue weighted by atomic mass is 35.5. The first-order chi connectivity index (χ1) is 14.3. The largest absolute Gasteiger partial charge is 0.495 e. The molecule has 0 aliphatic rings. The summed E-state index contributed by atoms with van der Waals surface area (Å²) in [5, 5.41) is 11.2. The Kier molecular flexibility index (Phi) is 6.74. The van der Waals surface area contributed by atoms with Crippen LogP contribution in [0.25, 0.3) is 0 Å². The Morgan fingerprint density at radius 2 is 1.73 bits per heavy atom. The van der Waals surface area contributed by atoms with Gasteiger partial charge < -0.3 is 20.1 Å². The van der Waals surface area contributed by atoms with Gasteiger partial charge in [-0.25, -0.2) is 4.79 Å². The van der Waals surface area contributed by atoms with Gasteiger partial charge in [-0.1, -0.05) is 41.4 Å². The van der Waals surface area contributed by atoms with E-state index in [1.807, 2.05) is 38.1 Å². The maximum Gasteiger partial charge on any atom is 0.323 e. The van der Waals surface area contributed by atoms with E-state index < -0.39 is 6.03 Å². The fourth-order valence-corrected chi connectivity index (χ4v) is 3.48. The lowest BCUT2D eigenvalue weighted by atomic mass is 10.2. The molecule has 2 amide bonds. The molecule has 0 bridgehead atoms. The predicted octanol–water partition coefficient (Wildman–Crippen LogP) is 5.52. The number of aryl methyl sites for hydroxylation is 1. The summed E-state index contributed by atoms with van der Waals surface area (Å²) in [5.41, 5.74) is 3.48. The van der Waals surface area contributed by atoms with E-state index >= 15 is 0 Å². The molecule has 0 aliphatic carbocycles. The zero-order valence-electron chi connectivity index (χ0n) is 17.0. The monoisotopic (exact) mass is 448 g/mol. The Bertz CT molecular complexity index is 1080. The fourth-order valence-electron chi connectivity index (χ4n) is 3.04. The minimum Gasteiger partial charge on any atom is -0.495 e. The van der Waals surface area contributed by atoms with E-state index in [1.54, 1.807) is 16.8 Å². The zero-order chi connectivity index (χ0) is 21.8. The molecule has 0 spiro atoms. The van der Waals surface area contributed by atoms with Crippen LogP contribution in [0, 0.1) is 13.8 Å². The van der Waals surface area contributed by atoms with Crippen LogP contribution in [0.2, 0.25) is 10.0 Å². The number of urea groups is 1. The Morgan fingerprint density at radius 3 is 2.40 bits per heavy atom. The number of rotatable bonds is 6. The molecule has 1 aromatic heterocycles. The van der Waals surface area contributed by atoms with Crippen molar-refractivity contribution in [3.63, 3.8) is 0 Å². The molecule has 0 fully saturated rings. The number of nitrogens with one attached hydrogen (secondary N) is 2. The minimum atomic E-state index is -0.446. The summed E-state index contributed by atoms with van der Waals surface area (Å²) in [7, 11) is 3.01. The van der Waals surface area contributed by atoms with E-state index in [4.69, 9.17) is 32.7 Å². The molecule has 1 heterocycles. The number of nitrogens with zero attached hydrogens (tertiary/aromatic N) is 2. The van der Waals surface area contributed by atoms with Crippen molar-refractivity contribution >= 4 is 40.6 Å². The second-order valence-corrected chi connectivity index (χ2v) is 7.38. The number of benzene rings is 2. The van der Waals surface area contributed by atoms with Gasteiger partial charge >= 0.3 is 6.03 Å². The summed E-state index contributed by atoms with van der Waals surface area (Å²) < 4.78 is 12.3. The highest BCUT2D eigenvalue weighted by Crippen LogP contribution is 2.36. The van der Waals surface area contributed by atoms with Gasteiger partial charge in [-0.3, -0.25) is 4.68 Å². The van der Waals surface area contributed by atoms with Crippen molar-refractivity contribution in [2.75, 3.05) is 24.9 Å². The second-order valence-electron chi connectivity index (χ2n) is 6.56. The number of amides is 2. The van der Waals surface area contributed by atoms with E-state index in [0.29, 0.717) is 45.2 Å². The number of carbonyl (C=O) groups excluding carboxylic acids is 1.